The van der Waals surface area contributed by atoms with Gasteiger partial charge in [-0.05, 0) is 36.5 Å². The van der Waals surface area contributed by atoms with E-state index in [-0.39, 0.29) is 12.1 Å². The lowest BCUT2D eigenvalue weighted by molar-refractivity contribution is 0.134. The van der Waals surface area contributed by atoms with Gasteiger partial charge in [-0.1, -0.05) is 48.5 Å². The molecular formula is C20H20N2O2. The first kappa shape index (κ1) is 14.8. The van der Waals surface area contributed by atoms with Gasteiger partial charge >= 0.3 is 6.09 Å². The monoisotopic (exact) mass is 320 g/mol. The van der Waals surface area contributed by atoms with Crippen molar-refractivity contribution in [2.75, 3.05) is 0 Å². The molecule has 1 aromatic heterocycles. The number of amides is 1. The summed E-state index contributed by atoms with van der Waals surface area (Å²) < 4.78 is 5.33. The highest BCUT2D eigenvalue weighted by Gasteiger charge is 2.23. The summed E-state index contributed by atoms with van der Waals surface area (Å²) in [5.41, 5.74) is 4.79. The number of carbonyl (C=O) groups is 1. The maximum absolute atomic E-state index is 12.1. The zero-order valence-corrected chi connectivity index (χ0v) is 13.4. The van der Waals surface area contributed by atoms with Crippen LogP contribution in [0.1, 0.15) is 23.2 Å². The molecule has 1 amide bonds. The third-order valence-electron chi connectivity index (χ3n) is 4.63. The molecule has 0 aliphatic heterocycles. The minimum atomic E-state index is -0.341. The molecule has 4 rings (SSSR count). The number of alkyl carbamates (subject to hydrolysis) is 1. The van der Waals surface area contributed by atoms with Crippen molar-refractivity contribution in [2.24, 2.45) is 0 Å². The van der Waals surface area contributed by atoms with E-state index in [1.54, 1.807) is 0 Å². The molecule has 1 aliphatic carbocycles. The number of carbonyl (C=O) groups excluding carboxylic acids is 1. The third kappa shape index (κ3) is 3.00. The molecular weight excluding hydrogens is 300 g/mol. The van der Waals surface area contributed by atoms with Crippen LogP contribution in [0, 0.1) is 0 Å². The third-order valence-corrected chi connectivity index (χ3v) is 4.63. The van der Waals surface area contributed by atoms with Gasteiger partial charge in [0.2, 0.25) is 0 Å². The van der Waals surface area contributed by atoms with Crippen molar-refractivity contribution in [3.05, 3.63) is 71.4 Å². The fraction of sp³-hybridized carbons (Fsp3) is 0.250. The average molecular weight is 320 g/mol. The van der Waals surface area contributed by atoms with Crippen molar-refractivity contribution in [2.45, 2.75) is 31.9 Å². The molecule has 0 fully saturated rings. The highest BCUT2D eigenvalue weighted by molar-refractivity contribution is 5.85. The topological polar surface area (TPSA) is 54.1 Å². The predicted molar refractivity (Wildman–Crippen MR) is 93.9 cm³/mol. The Balaban J connectivity index is 1.39. The van der Waals surface area contributed by atoms with Crippen LogP contribution in [-0.4, -0.2) is 17.1 Å². The zero-order valence-electron chi connectivity index (χ0n) is 13.4. The number of aryl methyl sites for hydroxylation is 1. The van der Waals surface area contributed by atoms with Gasteiger partial charge in [-0.15, -0.1) is 0 Å². The highest BCUT2D eigenvalue weighted by Crippen LogP contribution is 2.29. The molecule has 3 aromatic rings. The van der Waals surface area contributed by atoms with E-state index in [9.17, 15) is 4.79 Å². The maximum Gasteiger partial charge on any atom is 0.407 e. The van der Waals surface area contributed by atoms with Crippen LogP contribution in [0.15, 0.2) is 54.6 Å². The summed E-state index contributed by atoms with van der Waals surface area (Å²) in [5.74, 6) is 0. The molecule has 2 N–H and O–H groups in total. The molecule has 0 saturated carbocycles. The summed E-state index contributed by atoms with van der Waals surface area (Å²) >= 11 is 0. The Kier molecular flexibility index (Phi) is 3.95. The fourth-order valence-electron chi connectivity index (χ4n) is 3.42. The van der Waals surface area contributed by atoms with E-state index in [1.165, 1.54) is 22.2 Å². The van der Waals surface area contributed by atoms with Gasteiger partial charge in [0, 0.05) is 22.6 Å². The number of H-pyrrole nitrogens is 1. The Bertz CT molecular complexity index is 854. The van der Waals surface area contributed by atoms with Crippen LogP contribution in [0.4, 0.5) is 4.79 Å². The predicted octanol–water partition coefficient (Wildman–Crippen LogP) is 3.95. The van der Waals surface area contributed by atoms with Gasteiger partial charge in [0.1, 0.15) is 6.61 Å². The molecule has 0 radical (unpaired) electrons. The lowest BCUT2D eigenvalue weighted by Gasteiger charge is -2.23. The van der Waals surface area contributed by atoms with E-state index in [0.29, 0.717) is 6.61 Å². The average Bonchev–Trinajstić information content (AvgIpc) is 2.99. The van der Waals surface area contributed by atoms with Crippen LogP contribution < -0.4 is 5.32 Å². The molecule has 0 saturated heterocycles. The van der Waals surface area contributed by atoms with Gasteiger partial charge in [0.15, 0.2) is 0 Å². The molecule has 4 heteroatoms. The number of benzene rings is 2. The first-order valence-electron chi connectivity index (χ1n) is 8.35. The van der Waals surface area contributed by atoms with Crippen molar-refractivity contribution in [3.8, 4) is 0 Å². The van der Waals surface area contributed by atoms with Crippen molar-refractivity contribution in [1.82, 2.24) is 10.3 Å². The van der Waals surface area contributed by atoms with Crippen molar-refractivity contribution >= 4 is 17.0 Å². The Morgan fingerprint density at radius 2 is 1.92 bits per heavy atom. The first-order valence-corrected chi connectivity index (χ1v) is 8.35. The Hall–Kier alpha value is -2.75. The first-order chi connectivity index (χ1) is 11.8. The molecule has 1 heterocycles. The second kappa shape index (κ2) is 6.40. The molecule has 0 spiro atoms. The molecule has 1 atom stereocenters. The molecule has 0 unspecified atom stereocenters. The Morgan fingerprint density at radius 3 is 2.79 bits per heavy atom. The smallest absolute Gasteiger partial charge is 0.407 e. The van der Waals surface area contributed by atoms with Crippen LogP contribution in [0.25, 0.3) is 10.9 Å². The number of hydrogen-bond acceptors (Lipinski definition) is 2. The molecule has 4 nitrogen and oxygen atoms in total. The Labute approximate surface area is 140 Å². The number of ether oxygens (including phenoxy) is 1. The van der Waals surface area contributed by atoms with Gasteiger partial charge in [0.05, 0.1) is 0 Å². The largest absolute Gasteiger partial charge is 0.445 e. The maximum atomic E-state index is 12.1. The highest BCUT2D eigenvalue weighted by atomic mass is 16.5. The quantitative estimate of drug-likeness (QED) is 0.767. The van der Waals surface area contributed by atoms with Crippen LogP contribution >= 0.6 is 0 Å². The zero-order chi connectivity index (χ0) is 16.4. The number of nitrogens with one attached hydrogen (secondary N) is 2. The van der Waals surface area contributed by atoms with Crippen molar-refractivity contribution in [1.29, 1.82) is 0 Å². The van der Waals surface area contributed by atoms with Crippen molar-refractivity contribution < 1.29 is 9.53 Å². The molecule has 122 valence electrons. The molecule has 1 aliphatic rings. The van der Waals surface area contributed by atoms with Gasteiger partial charge in [0.25, 0.3) is 0 Å². The van der Waals surface area contributed by atoms with E-state index in [0.717, 1.165) is 24.8 Å². The summed E-state index contributed by atoms with van der Waals surface area (Å²) in [6.45, 7) is 0.303. The number of fused-ring (bicyclic) bond motifs is 3. The summed E-state index contributed by atoms with van der Waals surface area (Å²) in [6.07, 6.45) is 2.39. The van der Waals surface area contributed by atoms with E-state index in [1.807, 2.05) is 36.4 Å². The number of aromatic amines is 1. The standard InChI is InChI=1S/C20H20N2O2/c23-20(24-13-14-6-2-1-3-7-14)21-15-10-11-19-17(12-15)16-8-4-5-9-18(16)22-19/h1-9,15,22H,10-13H2,(H,21,23)/t15-/m0/s1. The van der Waals surface area contributed by atoms with Crippen LogP contribution in [0.3, 0.4) is 0 Å². The van der Waals surface area contributed by atoms with E-state index in [2.05, 4.69) is 28.5 Å². The summed E-state index contributed by atoms with van der Waals surface area (Å²) in [5, 5.41) is 4.27. The van der Waals surface area contributed by atoms with Crippen molar-refractivity contribution in [3.63, 3.8) is 0 Å². The van der Waals surface area contributed by atoms with E-state index < -0.39 is 0 Å². The normalized spacial score (nSPS) is 16.6. The van der Waals surface area contributed by atoms with E-state index in [4.69, 9.17) is 4.74 Å². The Morgan fingerprint density at radius 1 is 1.12 bits per heavy atom. The second-order valence-corrected chi connectivity index (χ2v) is 6.27. The van der Waals surface area contributed by atoms with E-state index >= 15 is 0 Å². The molecule has 24 heavy (non-hydrogen) atoms. The minimum Gasteiger partial charge on any atom is -0.445 e. The summed E-state index contributed by atoms with van der Waals surface area (Å²) in [6, 6.07) is 18.2. The lowest BCUT2D eigenvalue weighted by atomic mass is 9.91. The number of para-hydroxylation sites is 1. The second-order valence-electron chi connectivity index (χ2n) is 6.27. The lowest BCUT2D eigenvalue weighted by Crippen LogP contribution is -2.39. The number of hydrogen-bond donors (Lipinski definition) is 2. The summed E-state index contributed by atoms with van der Waals surface area (Å²) in [4.78, 5) is 15.5. The number of rotatable bonds is 3. The summed E-state index contributed by atoms with van der Waals surface area (Å²) in [7, 11) is 0. The van der Waals surface area contributed by atoms with Gasteiger partial charge in [-0.25, -0.2) is 4.79 Å². The minimum absolute atomic E-state index is 0.125. The fourth-order valence-corrected chi connectivity index (χ4v) is 3.42. The van der Waals surface area contributed by atoms with Crippen LogP contribution in [-0.2, 0) is 24.2 Å². The van der Waals surface area contributed by atoms with Crippen LogP contribution in [0.5, 0.6) is 0 Å². The SMILES string of the molecule is O=C(N[C@H]1CCc2[nH]c3ccccc3c2C1)OCc1ccccc1. The number of aromatic nitrogens is 1. The van der Waals surface area contributed by atoms with Gasteiger partial charge < -0.3 is 15.0 Å². The van der Waals surface area contributed by atoms with Crippen LogP contribution in [0.2, 0.25) is 0 Å². The van der Waals surface area contributed by atoms with Gasteiger partial charge in [-0.3, -0.25) is 0 Å². The molecule has 2 aromatic carbocycles. The van der Waals surface area contributed by atoms with Gasteiger partial charge in [-0.2, -0.15) is 0 Å². The molecule has 0 bridgehead atoms.